The second kappa shape index (κ2) is 4.06. The van der Waals surface area contributed by atoms with Crippen LogP contribution in [0.4, 0.5) is 5.69 Å². The number of benzene rings is 1. The van der Waals surface area contributed by atoms with Gasteiger partial charge in [-0.15, -0.1) is 0 Å². The molecule has 0 fully saturated rings. The third kappa shape index (κ3) is 1.63. The molecule has 0 atom stereocenters. The monoisotopic (exact) mass is 229 g/mol. The molecule has 0 aliphatic carbocycles. The molecular weight excluding hydrogens is 222 g/mol. The summed E-state index contributed by atoms with van der Waals surface area (Å²) in [5.74, 6) is 0.118. The van der Waals surface area contributed by atoms with Crippen LogP contribution >= 0.6 is 0 Å². The quantitative estimate of drug-likeness (QED) is 0.580. The summed E-state index contributed by atoms with van der Waals surface area (Å²) in [6.45, 7) is 0. The zero-order valence-corrected chi connectivity index (χ0v) is 8.88. The van der Waals surface area contributed by atoms with Crippen LogP contribution in [0.5, 0.6) is 5.75 Å². The predicted octanol–water partition coefficient (Wildman–Crippen LogP) is 2.02. The van der Waals surface area contributed by atoms with Crippen molar-refractivity contribution in [3.63, 3.8) is 0 Å². The lowest BCUT2D eigenvalue weighted by Gasteiger charge is -2.05. The van der Waals surface area contributed by atoms with Crippen molar-refractivity contribution in [2.75, 3.05) is 7.11 Å². The number of hydrogen-bond acceptors (Lipinski definition) is 5. The first-order chi connectivity index (χ1) is 8.19. The van der Waals surface area contributed by atoms with Crippen LogP contribution in [0.1, 0.15) is 5.69 Å². The molecule has 0 N–H and O–H groups in total. The Morgan fingerprint density at radius 2 is 2.24 bits per heavy atom. The Bertz CT molecular complexity index is 646. The molecular formula is C11H7N3O3. The Balaban J connectivity index is 2.98. The van der Waals surface area contributed by atoms with Crippen molar-refractivity contribution >= 4 is 16.5 Å². The average Bonchev–Trinajstić information content (AvgIpc) is 2.36. The van der Waals surface area contributed by atoms with Crippen LogP contribution in [0, 0.1) is 21.4 Å². The Morgan fingerprint density at radius 3 is 2.82 bits per heavy atom. The minimum absolute atomic E-state index is 0.0214. The molecule has 0 saturated carbocycles. The van der Waals surface area contributed by atoms with Gasteiger partial charge >= 0.3 is 5.69 Å². The van der Waals surface area contributed by atoms with Crippen LogP contribution in [0.2, 0.25) is 0 Å². The number of ether oxygens (including phenoxy) is 1. The van der Waals surface area contributed by atoms with E-state index < -0.39 is 4.92 Å². The third-order valence-electron chi connectivity index (χ3n) is 2.38. The van der Waals surface area contributed by atoms with Crippen molar-refractivity contribution < 1.29 is 9.66 Å². The predicted molar refractivity (Wildman–Crippen MR) is 59.7 cm³/mol. The number of pyridine rings is 1. The topological polar surface area (TPSA) is 89.0 Å². The maximum Gasteiger partial charge on any atom is 0.321 e. The summed E-state index contributed by atoms with van der Waals surface area (Å²) in [5, 5.41) is 20.8. The Labute approximate surface area is 96.2 Å². The molecule has 84 valence electrons. The summed E-state index contributed by atoms with van der Waals surface area (Å²) >= 11 is 0. The van der Waals surface area contributed by atoms with Crippen LogP contribution in [-0.2, 0) is 0 Å². The Kier molecular flexibility index (Phi) is 2.58. The van der Waals surface area contributed by atoms with Gasteiger partial charge in [0.25, 0.3) is 0 Å². The Hall–Kier alpha value is -2.68. The number of nitro benzene ring substituents is 1. The normalized spacial score (nSPS) is 9.88. The molecule has 0 aliphatic rings. The van der Waals surface area contributed by atoms with Gasteiger partial charge in [0.05, 0.1) is 17.4 Å². The average molecular weight is 229 g/mol. The van der Waals surface area contributed by atoms with Crippen molar-refractivity contribution in [1.82, 2.24) is 4.98 Å². The van der Waals surface area contributed by atoms with E-state index in [0.29, 0.717) is 5.39 Å². The molecule has 17 heavy (non-hydrogen) atoms. The molecule has 0 unspecified atom stereocenters. The molecule has 0 bridgehead atoms. The highest BCUT2D eigenvalue weighted by atomic mass is 16.6. The number of rotatable bonds is 2. The summed E-state index contributed by atoms with van der Waals surface area (Å²) < 4.78 is 4.94. The highest BCUT2D eigenvalue weighted by molar-refractivity contribution is 5.96. The lowest BCUT2D eigenvalue weighted by molar-refractivity contribution is -0.384. The van der Waals surface area contributed by atoms with Crippen LogP contribution < -0.4 is 4.74 Å². The van der Waals surface area contributed by atoms with Crippen LogP contribution in [0.3, 0.4) is 0 Å². The standard InChI is InChI=1S/C11H7N3O3/c1-17-9-3-2-7-4-5-13-8(6-12)10(7)11(9)14(15)16/h2-5H,1H3. The van der Waals surface area contributed by atoms with Crippen LogP contribution in [0.25, 0.3) is 10.8 Å². The molecule has 1 heterocycles. The summed E-state index contributed by atoms with van der Waals surface area (Å²) in [5.41, 5.74) is -0.206. The minimum atomic E-state index is -0.566. The number of methoxy groups -OCH3 is 1. The lowest BCUT2D eigenvalue weighted by Crippen LogP contribution is -1.97. The van der Waals surface area contributed by atoms with E-state index in [9.17, 15) is 10.1 Å². The number of nitriles is 1. The molecule has 1 aromatic carbocycles. The highest BCUT2D eigenvalue weighted by Gasteiger charge is 2.22. The lowest BCUT2D eigenvalue weighted by atomic mass is 10.1. The van der Waals surface area contributed by atoms with E-state index in [4.69, 9.17) is 10.00 Å². The van der Waals surface area contributed by atoms with Gasteiger partial charge in [0.15, 0.2) is 11.4 Å². The second-order valence-corrected chi connectivity index (χ2v) is 3.24. The molecule has 6 nitrogen and oxygen atoms in total. The molecule has 0 saturated heterocycles. The van der Waals surface area contributed by atoms with Crippen molar-refractivity contribution in [2.45, 2.75) is 0 Å². The van der Waals surface area contributed by atoms with Crippen LogP contribution in [-0.4, -0.2) is 17.0 Å². The van der Waals surface area contributed by atoms with Crippen molar-refractivity contribution in [1.29, 1.82) is 5.26 Å². The highest BCUT2D eigenvalue weighted by Crippen LogP contribution is 2.36. The first-order valence-corrected chi connectivity index (χ1v) is 4.69. The maximum absolute atomic E-state index is 11.1. The smallest absolute Gasteiger partial charge is 0.321 e. The number of nitro groups is 1. The fraction of sp³-hybridized carbons (Fsp3) is 0.0909. The van der Waals surface area contributed by atoms with E-state index in [0.717, 1.165) is 0 Å². The third-order valence-corrected chi connectivity index (χ3v) is 2.38. The van der Waals surface area contributed by atoms with Crippen molar-refractivity contribution in [3.05, 3.63) is 40.2 Å². The molecule has 0 aliphatic heterocycles. The van der Waals surface area contributed by atoms with E-state index in [2.05, 4.69) is 4.98 Å². The van der Waals surface area contributed by atoms with E-state index in [-0.39, 0.29) is 22.5 Å². The van der Waals surface area contributed by atoms with Gasteiger partial charge in [0, 0.05) is 6.20 Å². The summed E-state index contributed by atoms with van der Waals surface area (Å²) in [6, 6.07) is 6.62. The Morgan fingerprint density at radius 1 is 1.47 bits per heavy atom. The fourth-order valence-corrected chi connectivity index (χ4v) is 1.66. The minimum Gasteiger partial charge on any atom is -0.490 e. The first-order valence-electron chi connectivity index (χ1n) is 4.69. The van der Waals surface area contributed by atoms with Gasteiger partial charge in [0.2, 0.25) is 0 Å². The molecule has 0 radical (unpaired) electrons. The van der Waals surface area contributed by atoms with Crippen LogP contribution in [0.15, 0.2) is 24.4 Å². The number of hydrogen-bond donors (Lipinski definition) is 0. The molecule has 0 amide bonds. The molecule has 2 rings (SSSR count). The van der Waals surface area contributed by atoms with E-state index >= 15 is 0 Å². The molecule has 2 aromatic rings. The number of aromatic nitrogens is 1. The maximum atomic E-state index is 11.1. The zero-order valence-electron chi connectivity index (χ0n) is 8.88. The number of fused-ring (bicyclic) bond motifs is 1. The fourth-order valence-electron chi connectivity index (χ4n) is 1.66. The van der Waals surface area contributed by atoms with Gasteiger partial charge in [-0.3, -0.25) is 10.1 Å². The van der Waals surface area contributed by atoms with E-state index in [1.54, 1.807) is 12.1 Å². The van der Waals surface area contributed by atoms with Gasteiger partial charge < -0.3 is 4.74 Å². The van der Waals surface area contributed by atoms with Gasteiger partial charge in [-0.1, -0.05) is 6.07 Å². The van der Waals surface area contributed by atoms with E-state index in [1.807, 2.05) is 6.07 Å². The number of nitrogens with zero attached hydrogens (tertiary/aromatic N) is 3. The largest absolute Gasteiger partial charge is 0.490 e. The van der Waals surface area contributed by atoms with Crippen molar-refractivity contribution in [3.8, 4) is 11.8 Å². The van der Waals surface area contributed by atoms with Gasteiger partial charge in [-0.2, -0.15) is 5.26 Å². The van der Waals surface area contributed by atoms with E-state index in [1.165, 1.54) is 19.4 Å². The SMILES string of the molecule is COc1ccc2ccnc(C#N)c2c1[N+](=O)[O-]. The van der Waals surface area contributed by atoms with Gasteiger partial charge in [0.1, 0.15) is 6.07 Å². The summed E-state index contributed by atoms with van der Waals surface area (Å²) in [4.78, 5) is 14.3. The molecule has 6 heteroatoms. The first kappa shape index (κ1) is 10.8. The molecule has 1 aromatic heterocycles. The summed E-state index contributed by atoms with van der Waals surface area (Å²) in [6.07, 6.45) is 1.44. The summed E-state index contributed by atoms with van der Waals surface area (Å²) in [7, 11) is 1.34. The van der Waals surface area contributed by atoms with Gasteiger partial charge in [-0.05, 0) is 17.5 Å². The molecule has 0 spiro atoms. The van der Waals surface area contributed by atoms with Gasteiger partial charge in [-0.25, -0.2) is 4.98 Å². The zero-order chi connectivity index (χ0) is 12.4. The second-order valence-electron chi connectivity index (χ2n) is 3.24. The van der Waals surface area contributed by atoms with Crippen molar-refractivity contribution in [2.24, 2.45) is 0 Å².